The fourth-order valence-corrected chi connectivity index (χ4v) is 5.33. The van der Waals surface area contributed by atoms with Crippen LogP contribution in [0.5, 0.6) is 0 Å². The summed E-state index contributed by atoms with van der Waals surface area (Å²) in [5.41, 5.74) is 13.6. The SMILES string of the molecule is Cc1c(C2CC3CCC(C2)N3)nc2c(-c3ccc(-c4ccccc4)nc3)cnn2c1N. The first-order valence-electron chi connectivity index (χ1n) is 11.1. The second-order valence-corrected chi connectivity index (χ2v) is 8.91. The largest absolute Gasteiger partial charge is 0.383 e. The third-order valence-electron chi connectivity index (χ3n) is 6.97. The van der Waals surface area contributed by atoms with Crippen molar-refractivity contribution in [2.45, 2.75) is 50.6 Å². The molecule has 4 aromatic rings. The molecule has 2 unspecified atom stereocenters. The summed E-state index contributed by atoms with van der Waals surface area (Å²) >= 11 is 0. The van der Waals surface area contributed by atoms with Crippen LogP contribution in [0.1, 0.15) is 42.9 Å². The molecule has 31 heavy (non-hydrogen) atoms. The first-order valence-corrected chi connectivity index (χ1v) is 11.1. The Labute approximate surface area is 181 Å². The van der Waals surface area contributed by atoms with E-state index in [-0.39, 0.29) is 0 Å². The minimum atomic E-state index is 0.451. The lowest BCUT2D eigenvalue weighted by atomic mass is 9.87. The normalized spacial score (nSPS) is 22.8. The molecule has 5 heterocycles. The second kappa shape index (κ2) is 7.17. The molecule has 2 atom stereocenters. The van der Waals surface area contributed by atoms with Crippen LogP contribution >= 0.6 is 0 Å². The number of anilines is 1. The van der Waals surface area contributed by atoms with Gasteiger partial charge in [0.05, 0.1) is 17.6 Å². The van der Waals surface area contributed by atoms with E-state index in [9.17, 15) is 0 Å². The zero-order chi connectivity index (χ0) is 20.9. The van der Waals surface area contributed by atoms with Gasteiger partial charge in [-0.05, 0) is 38.7 Å². The Kier molecular flexibility index (Phi) is 4.28. The van der Waals surface area contributed by atoms with Gasteiger partial charge in [-0.15, -0.1) is 0 Å². The first-order chi connectivity index (χ1) is 15.2. The van der Waals surface area contributed by atoms with Gasteiger partial charge >= 0.3 is 0 Å². The van der Waals surface area contributed by atoms with Crippen LogP contribution in [0.3, 0.4) is 0 Å². The third kappa shape index (κ3) is 3.10. The fourth-order valence-electron chi connectivity index (χ4n) is 5.33. The molecule has 156 valence electrons. The zero-order valence-corrected chi connectivity index (χ0v) is 17.6. The Morgan fingerprint density at radius 2 is 1.74 bits per heavy atom. The van der Waals surface area contributed by atoms with Crippen molar-refractivity contribution in [2.75, 3.05) is 5.73 Å². The predicted molar refractivity (Wildman–Crippen MR) is 123 cm³/mol. The number of pyridine rings is 1. The summed E-state index contributed by atoms with van der Waals surface area (Å²) in [6.45, 7) is 2.08. The van der Waals surface area contributed by atoms with Crippen LogP contribution < -0.4 is 11.1 Å². The van der Waals surface area contributed by atoms with Crippen molar-refractivity contribution in [3.63, 3.8) is 0 Å². The Morgan fingerprint density at radius 3 is 2.45 bits per heavy atom. The Hall–Kier alpha value is -3.25. The third-order valence-corrected chi connectivity index (χ3v) is 6.97. The van der Waals surface area contributed by atoms with Crippen molar-refractivity contribution in [3.05, 3.63) is 66.1 Å². The van der Waals surface area contributed by atoms with E-state index >= 15 is 0 Å². The molecule has 0 spiro atoms. The van der Waals surface area contributed by atoms with Gasteiger partial charge in [0.15, 0.2) is 5.65 Å². The maximum Gasteiger partial charge on any atom is 0.165 e. The van der Waals surface area contributed by atoms with Crippen molar-refractivity contribution < 1.29 is 0 Å². The van der Waals surface area contributed by atoms with Gasteiger partial charge in [-0.25, -0.2) is 4.98 Å². The summed E-state index contributed by atoms with van der Waals surface area (Å²) in [5.74, 6) is 1.14. The number of nitrogens with zero attached hydrogens (tertiary/aromatic N) is 4. The highest BCUT2D eigenvalue weighted by molar-refractivity contribution is 5.79. The van der Waals surface area contributed by atoms with Gasteiger partial charge in [0, 0.05) is 46.5 Å². The summed E-state index contributed by atoms with van der Waals surface area (Å²) in [4.78, 5) is 9.83. The lowest BCUT2D eigenvalue weighted by Crippen LogP contribution is -2.37. The van der Waals surface area contributed by atoms with Crippen molar-refractivity contribution in [3.8, 4) is 22.4 Å². The molecule has 2 aliphatic heterocycles. The number of nitrogens with one attached hydrogen (secondary N) is 1. The van der Waals surface area contributed by atoms with Gasteiger partial charge in [-0.2, -0.15) is 9.61 Å². The average molecular weight is 411 g/mol. The van der Waals surface area contributed by atoms with Gasteiger partial charge in [0.1, 0.15) is 5.82 Å². The highest BCUT2D eigenvalue weighted by Gasteiger charge is 2.36. The summed E-state index contributed by atoms with van der Waals surface area (Å²) in [6.07, 6.45) is 8.58. The number of nitrogen functional groups attached to an aromatic ring is 1. The van der Waals surface area contributed by atoms with Gasteiger partial charge < -0.3 is 11.1 Å². The molecule has 0 saturated carbocycles. The molecule has 6 heteroatoms. The van der Waals surface area contributed by atoms with Gasteiger partial charge in [0.2, 0.25) is 0 Å². The van der Waals surface area contributed by atoms with E-state index in [1.807, 2.05) is 30.6 Å². The summed E-state index contributed by atoms with van der Waals surface area (Å²) < 4.78 is 1.77. The van der Waals surface area contributed by atoms with Gasteiger partial charge in [-0.3, -0.25) is 4.98 Å². The van der Waals surface area contributed by atoms with E-state index in [1.54, 1.807) is 4.52 Å². The molecule has 3 aromatic heterocycles. The molecule has 0 radical (unpaired) electrons. The maximum atomic E-state index is 6.53. The lowest BCUT2D eigenvalue weighted by molar-refractivity contribution is 0.358. The van der Waals surface area contributed by atoms with Crippen LogP contribution in [0.2, 0.25) is 0 Å². The molecule has 2 aliphatic rings. The summed E-state index contributed by atoms with van der Waals surface area (Å²) in [5, 5.41) is 8.28. The van der Waals surface area contributed by atoms with E-state index < -0.39 is 0 Å². The predicted octanol–water partition coefficient (Wildman–Crippen LogP) is 4.35. The molecule has 6 rings (SSSR count). The highest BCUT2D eigenvalue weighted by Crippen LogP contribution is 2.39. The highest BCUT2D eigenvalue weighted by atomic mass is 15.3. The van der Waals surface area contributed by atoms with Crippen molar-refractivity contribution in [1.29, 1.82) is 0 Å². The summed E-state index contributed by atoms with van der Waals surface area (Å²) in [6, 6.07) is 15.6. The van der Waals surface area contributed by atoms with Crippen LogP contribution in [-0.4, -0.2) is 31.7 Å². The zero-order valence-electron chi connectivity index (χ0n) is 17.6. The average Bonchev–Trinajstić information content (AvgIpc) is 3.39. The number of nitrogens with two attached hydrogens (primary N) is 1. The number of hydrogen-bond acceptors (Lipinski definition) is 5. The summed E-state index contributed by atoms with van der Waals surface area (Å²) in [7, 11) is 0. The molecule has 0 aliphatic carbocycles. The Bertz CT molecular complexity index is 1230. The van der Waals surface area contributed by atoms with E-state index in [4.69, 9.17) is 10.7 Å². The minimum Gasteiger partial charge on any atom is -0.383 e. The fraction of sp³-hybridized carbons (Fsp3) is 0.320. The first kappa shape index (κ1) is 18.5. The molecule has 6 nitrogen and oxygen atoms in total. The van der Waals surface area contributed by atoms with E-state index in [1.165, 1.54) is 12.8 Å². The second-order valence-electron chi connectivity index (χ2n) is 8.91. The van der Waals surface area contributed by atoms with Gasteiger partial charge in [0.25, 0.3) is 0 Å². The number of fused-ring (bicyclic) bond motifs is 3. The van der Waals surface area contributed by atoms with Crippen molar-refractivity contribution >= 4 is 11.5 Å². The van der Waals surface area contributed by atoms with E-state index in [2.05, 4.69) is 46.6 Å². The minimum absolute atomic E-state index is 0.451. The molecular formula is C25H26N6. The van der Waals surface area contributed by atoms with Crippen LogP contribution in [0.4, 0.5) is 5.82 Å². The number of aromatic nitrogens is 4. The van der Waals surface area contributed by atoms with E-state index in [0.29, 0.717) is 23.8 Å². The van der Waals surface area contributed by atoms with E-state index in [0.717, 1.165) is 52.1 Å². The quantitative estimate of drug-likeness (QED) is 0.525. The molecule has 2 fully saturated rings. The number of benzene rings is 1. The number of piperidine rings is 1. The van der Waals surface area contributed by atoms with Crippen LogP contribution in [0.15, 0.2) is 54.9 Å². The number of rotatable bonds is 3. The Balaban J connectivity index is 1.41. The standard InChI is InChI=1S/C25H26N6/c1-15-23(18-11-19-8-9-20(12-18)29-19)30-25-21(14-28-31(25)24(15)26)17-7-10-22(27-13-17)16-5-3-2-4-6-16/h2-7,10,13-14,18-20,29H,8-9,11-12,26H2,1H3. The van der Waals surface area contributed by atoms with Crippen molar-refractivity contribution in [1.82, 2.24) is 24.9 Å². The number of hydrogen-bond donors (Lipinski definition) is 2. The molecule has 2 saturated heterocycles. The Morgan fingerprint density at radius 1 is 0.968 bits per heavy atom. The molecule has 2 bridgehead atoms. The lowest BCUT2D eigenvalue weighted by Gasteiger charge is -2.30. The van der Waals surface area contributed by atoms with Crippen molar-refractivity contribution in [2.24, 2.45) is 0 Å². The molecule has 3 N–H and O–H groups in total. The van der Waals surface area contributed by atoms with Crippen LogP contribution in [-0.2, 0) is 0 Å². The topological polar surface area (TPSA) is 81.1 Å². The van der Waals surface area contributed by atoms with Gasteiger partial charge in [-0.1, -0.05) is 36.4 Å². The van der Waals surface area contributed by atoms with Crippen LogP contribution in [0.25, 0.3) is 28.0 Å². The molecule has 0 amide bonds. The molecular weight excluding hydrogens is 384 g/mol. The maximum absolute atomic E-state index is 6.53. The smallest absolute Gasteiger partial charge is 0.165 e. The monoisotopic (exact) mass is 410 g/mol. The van der Waals surface area contributed by atoms with Crippen LogP contribution in [0, 0.1) is 6.92 Å². The molecule has 1 aromatic carbocycles.